The van der Waals surface area contributed by atoms with Crippen molar-refractivity contribution >= 4 is 22.7 Å². The van der Waals surface area contributed by atoms with Crippen LogP contribution in [-0.2, 0) is 17.8 Å². The number of hydrogen-bond acceptors (Lipinski definition) is 2. The Bertz CT molecular complexity index is 1230. The highest BCUT2D eigenvalue weighted by Crippen LogP contribution is 2.37. The van der Waals surface area contributed by atoms with Crippen molar-refractivity contribution in [3.63, 3.8) is 0 Å². The van der Waals surface area contributed by atoms with Gasteiger partial charge in [-0.15, -0.1) is 0 Å². The molecule has 3 heteroatoms. The third kappa shape index (κ3) is 5.10. The smallest absolute Gasteiger partial charge is 0.0717 e. The van der Waals surface area contributed by atoms with Crippen LogP contribution < -0.4 is 5.32 Å². The lowest BCUT2D eigenvalue weighted by molar-refractivity contribution is 0.134. The van der Waals surface area contributed by atoms with E-state index in [0.29, 0.717) is 12.6 Å². The molecule has 1 saturated carbocycles. The van der Waals surface area contributed by atoms with E-state index < -0.39 is 0 Å². The van der Waals surface area contributed by atoms with E-state index in [9.17, 15) is 0 Å². The van der Waals surface area contributed by atoms with Gasteiger partial charge in [0.2, 0.25) is 0 Å². The van der Waals surface area contributed by atoms with Crippen molar-refractivity contribution in [1.29, 1.82) is 0 Å². The van der Waals surface area contributed by atoms with E-state index in [4.69, 9.17) is 4.74 Å². The first-order valence-electron chi connectivity index (χ1n) is 12.6. The van der Waals surface area contributed by atoms with Gasteiger partial charge >= 0.3 is 0 Å². The molecule has 0 amide bonds. The van der Waals surface area contributed by atoms with Crippen LogP contribution in [-0.4, -0.2) is 17.6 Å². The molecule has 0 spiro atoms. The quantitative estimate of drug-likeness (QED) is 0.271. The molecule has 0 unspecified atom stereocenters. The zero-order valence-electron chi connectivity index (χ0n) is 20.0. The first-order valence-corrected chi connectivity index (χ1v) is 12.6. The van der Waals surface area contributed by atoms with Crippen LogP contribution in [0.2, 0.25) is 0 Å². The van der Waals surface area contributed by atoms with Gasteiger partial charge in [-0.2, -0.15) is 0 Å². The summed E-state index contributed by atoms with van der Waals surface area (Å²) < 4.78 is 5.81. The summed E-state index contributed by atoms with van der Waals surface area (Å²) in [4.78, 5) is 3.80. The van der Waals surface area contributed by atoms with Crippen molar-refractivity contribution in [2.45, 2.75) is 51.7 Å². The van der Waals surface area contributed by atoms with E-state index in [1.54, 1.807) is 0 Å². The second-order valence-corrected chi connectivity index (χ2v) is 9.20. The fourth-order valence-corrected chi connectivity index (χ4v) is 5.02. The average molecular weight is 451 g/mol. The first kappa shape index (κ1) is 22.5. The predicted octanol–water partition coefficient (Wildman–Crippen LogP) is 7.98. The highest BCUT2D eigenvalue weighted by Gasteiger charge is 2.19. The maximum absolute atomic E-state index is 5.81. The minimum Gasteiger partial charge on any atom is -0.381 e. The number of nitrogens with one attached hydrogen (secondary N) is 2. The van der Waals surface area contributed by atoms with Gasteiger partial charge in [0, 0.05) is 23.6 Å². The lowest BCUT2D eigenvalue weighted by atomic mass is 10.0. The lowest BCUT2D eigenvalue weighted by Crippen LogP contribution is -2.15. The molecule has 174 valence electrons. The van der Waals surface area contributed by atoms with Gasteiger partial charge in [0.15, 0.2) is 0 Å². The summed E-state index contributed by atoms with van der Waals surface area (Å²) in [5, 5.41) is 5.11. The van der Waals surface area contributed by atoms with Crippen LogP contribution in [0.15, 0.2) is 78.9 Å². The SMILES string of the molecule is CCOCc1cc(NC2CCCC2)c2[nH]c(-c3ccccc3)c(/C=C/Cc3ccccc3)c2c1. The summed E-state index contributed by atoms with van der Waals surface area (Å²) in [7, 11) is 0. The Morgan fingerprint density at radius 2 is 1.68 bits per heavy atom. The summed E-state index contributed by atoms with van der Waals surface area (Å²) >= 11 is 0. The molecule has 1 aliphatic carbocycles. The second kappa shape index (κ2) is 10.8. The van der Waals surface area contributed by atoms with E-state index in [0.717, 1.165) is 13.0 Å². The molecular weight excluding hydrogens is 416 g/mol. The number of benzene rings is 3. The average Bonchev–Trinajstić information content (AvgIpc) is 3.52. The molecule has 1 heterocycles. The van der Waals surface area contributed by atoms with E-state index in [1.807, 2.05) is 0 Å². The van der Waals surface area contributed by atoms with Crippen LogP contribution >= 0.6 is 0 Å². The maximum atomic E-state index is 5.81. The molecule has 0 saturated heterocycles. The number of aromatic nitrogens is 1. The van der Waals surface area contributed by atoms with Gasteiger partial charge in [0.05, 0.1) is 23.5 Å². The highest BCUT2D eigenvalue weighted by molar-refractivity contribution is 6.03. The molecule has 0 radical (unpaired) electrons. The Hall–Kier alpha value is -3.30. The fourth-order valence-electron chi connectivity index (χ4n) is 5.02. The molecule has 0 aliphatic heterocycles. The number of hydrogen-bond donors (Lipinski definition) is 2. The van der Waals surface area contributed by atoms with E-state index in [-0.39, 0.29) is 0 Å². The van der Waals surface area contributed by atoms with Gasteiger partial charge in [-0.05, 0) is 55.0 Å². The van der Waals surface area contributed by atoms with E-state index in [2.05, 4.69) is 102 Å². The number of H-pyrrole nitrogens is 1. The molecule has 34 heavy (non-hydrogen) atoms. The molecular formula is C31H34N2O. The topological polar surface area (TPSA) is 37.0 Å². The van der Waals surface area contributed by atoms with Crippen molar-refractivity contribution in [1.82, 2.24) is 4.98 Å². The molecule has 2 N–H and O–H groups in total. The fraction of sp³-hybridized carbons (Fsp3) is 0.290. The standard InChI is InChI=1S/C31H34N2O/c1-2-34-22-24-20-28-27(19-11-14-23-12-5-3-6-13-23)30(25-15-7-4-8-16-25)33-31(28)29(21-24)32-26-17-9-10-18-26/h3-8,11-13,15-16,19-21,26,32-33H,2,9-10,14,17-18,22H2,1H3/b19-11+. The Morgan fingerprint density at radius 1 is 0.941 bits per heavy atom. The van der Waals surface area contributed by atoms with Gasteiger partial charge in [-0.1, -0.05) is 85.7 Å². The van der Waals surface area contributed by atoms with Gasteiger partial charge in [0.1, 0.15) is 0 Å². The van der Waals surface area contributed by atoms with Crippen LogP contribution in [0.1, 0.15) is 49.3 Å². The van der Waals surface area contributed by atoms with Gasteiger partial charge in [0.25, 0.3) is 0 Å². The van der Waals surface area contributed by atoms with Crippen molar-refractivity contribution in [2.24, 2.45) is 0 Å². The molecule has 3 nitrogen and oxygen atoms in total. The van der Waals surface area contributed by atoms with Crippen molar-refractivity contribution in [3.8, 4) is 11.3 Å². The maximum Gasteiger partial charge on any atom is 0.0717 e. The molecule has 4 aromatic rings. The zero-order chi connectivity index (χ0) is 23.2. The largest absolute Gasteiger partial charge is 0.381 e. The monoisotopic (exact) mass is 450 g/mol. The second-order valence-electron chi connectivity index (χ2n) is 9.20. The molecule has 1 fully saturated rings. The van der Waals surface area contributed by atoms with Crippen LogP contribution in [0.25, 0.3) is 28.2 Å². The number of allylic oxidation sites excluding steroid dienone is 1. The van der Waals surface area contributed by atoms with Gasteiger partial charge < -0.3 is 15.0 Å². The Morgan fingerprint density at radius 3 is 2.41 bits per heavy atom. The van der Waals surface area contributed by atoms with Crippen LogP contribution in [0.3, 0.4) is 0 Å². The molecule has 1 aliphatic rings. The number of ether oxygens (including phenoxy) is 1. The van der Waals surface area contributed by atoms with Crippen LogP contribution in [0, 0.1) is 0 Å². The Balaban J connectivity index is 1.61. The van der Waals surface area contributed by atoms with Crippen molar-refractivity contribution in [3.05, 3.63) is 95.6 Å². The molecule has 1 aromatic heterocycles. The third-order valence-corrected chi connectivity index (χ3v) is 6.74. The molecule has 3 aromatic carbocycles. The Kier molecular flexibility index (Phi) is 7.11. The number of aromatic amines is 1. The molecule has 5 rings (SSSR count). The number of anilines is 1. The summed E-state index contributed by atoms with van der Waals surface area (Å²) in [5.41, 5.74) is 8.53. The number of fused-ring (bicyclic) bond motifs is 1. The minimum atomic E-state index is 0.547. The summed E-state index contributed by atoms with van der Waals surface area (Å²) in [6.07, 6.45) is 10.6. The minimum absolute atomic E-state index is 0.547. The molecule has 0 bridgehead atoms. The van der Waals surface area contributed by atoms with E-state index >= 15 is 0 Å². The van der Waals surface area contributed by atoms with Crippen molar-refractivity contribution in [2.75, 3.05) is 11.9 Å². The Labute approximate surface area is 202 Å². The summed E-state index contributed by atoms with van der Waals surface area (Å²) in [5.74, 6) is 0. The summed E-state index contributed by atoms with van der Waals surface area (Å²) in [6, 6.07) is 26.4. The summed E-state index contributed by atoms with van der Waals surface area (Å²) in [6.45, 7) is 3.40. The van der Waals surface area contributed by atoms with Crippen molar-refractivity contribution < 1.29 is 4.74 Å². The highest BCUT2D eigenvalue weighted by atomic mass is 16.5. The third-order valence-electron chi connectivity index (χ3n) is 6.74. The normalized spacial score (nSPS) is 14.4. The van der Waals surface area contributed by atoms with Crippen LogP contribution in [0.4, 0.5) is 5.69 Å². The first-order chi connectivity index (χ1) is 16.8. The van der Waals surface area contributed by atoms with Gasteiger partial charge in [-0.25, -0.2) is 0 Å². The zero-order valence-corrected chi connectivity index (χ0v) is 20.0. The van der Waals surface area contributed by atoms with Gasteiger partial charge in [-0.3, -0.25) is 0 Å². The van der Waals surface area contributed by atoms with E-state index in [1.165, 1.54) is 70.2 Å². The lowest BCUT2D eigenvalue weighted by Gasteiger charge is -2.16. The predicted molar refractivity (Wildman–Crippen MR) is 144 cm³/mol. The molecule has 0 atom stereocenters. The number of rotatable bonds is 9. The van der Waals surface area contributed by atoms with Crippen LogP contribution in [0.5, 0.6) is 0 Å².